The summed E-state index contributed by atoms with van der Waals surface area (Å²) in [7, 11) is 0. The molecule has 2 rings (SSSR count). The van der Waals surface area contributed by atoms with Crippen molar-refractivity contribution in [2.75, 3.05) is 0 Å². The van der Waals surface area contributed by atoms with Crippen LogP contribution in [0.2, 0.25) is 0 Å². The van der Waals surface area contributed by atoms with E-state index in [1.807, 2.05) is 13.8 Å². The highest BCUT2D eigenvalue weighted by Crippen LogP contribution is 2.24. The molecule has 0 fully saturated rings. The number of aryl methyl sites for hydroxylation is 2. The van der Waals surface area contributed by atoms with Crippen LogP contribution in [0, 0.1) is 12.7 Å². The van der Waals surface area contributed by atoms with Gasteiger partial charge in [-0.15, -0.1) is 11.3 Å². The van der Waals surface area contributed by atoms with Gasteiger partial charge in [-0.2, -0.15) is 0 Å². The fraction of sp³-hybridized carbons (Fsp3) is 0.294. The molecule has 0 spiro atoms. The second-order valence-electron chi connectivity index (χ2n) is 5.25. The van der Waals surface area contributed by atoms with E-state index in [0.29, 0.717) is 10.4 Å². The first-order valence-electron chi connectivity index (χ1n) is 7.28. The molecule has 1 unspecified atom stereocenters. The van der Waals surface area contributed by atoms with E-state index in [9.17, 15) is 14.0 Å². The molecule has 0 aliphatic rings. The Kier molecular flexibility index (Phi) is 5.50. The molecule has 1 amide bonds. The van der Waals surface area contributed by atoms with Gasteiger partial charge >= 0.3 is 5.97 Å². The first-order valence-corrected chi connectivity index (χ1v) is 8.09. The lowest BCUT2D eigenvalue weighted by atomic mass is 10.0. The molecule has 0 aliphatic carbocycles. The van der Waals surface area contributed by atoms with Crippen LogP contribution in [0.4, 0.5) is 4.39 Å². The van der Waals surface area contributed by atoms with Crippen LogP contribution in [-0.2, 0) is 11.2 Å². The number of amides is 1. The van der Waals surface area contributed by atoms with Gasteiger partial charge < -0.3 is 10.4 Å². The summed E-state index contributed by atoms with van der Waals surface area (Å²) in [5.41, 5.74) is 1.62. The fourth-order valence-electron chi connectivity index (χ4n) is 2.33. The third-order valence-corrected chi connectivity index (χ3v) is 4.90. The van der Waals surface area contributed by atoms with Crippen LogP contribution < -0.4 is 5.32 Å². The highest BCUT2D eigenvalue weighted by molar-refractivity contribution is 7.14. The maximum Gasteiger partial charge on any atom is 0.305 e. The zero-order chi connectivity index (χ0) is 17.0. The average Bonchev–Trinajstić information content (AvgIpc) is 2.88. The summed E-state index contributed by atoms with van der Waals surface area (Å²) in [6, 6.07) is 6.58. The first-order chi connectivity index (χ1) is 10.9. The van der Waals surface area contributed by atoms with Crippen LogP contribution >= 0.6 is 11.3 Å². The predicted molar refractivity (Wildman–Crippen MR) is 87.3 cm³/mol. The molecule has 2 aromatic rings. The van der Waals surface area contributed by atoms with E-state index >= 15 is 0 Å². The molecule has 1 aromatic heterocycles. The van der Waals surface area contributed by atoms with Crippen molar-refractivity contribution in [3.63, 3.8) is 0 Å². The number of hydrogen-bond acceptors (Lipinski definition) is 3. The van der Waals surface area contributed by atoms with Gasteiger partial charge in [0.15, 0.2) is 0 Å². The summed E-state index contributed by atoms with van der Waals surface area (Å²) < 4.78 is 13.0. The molecule has 0 saturated heterocycles. The normalized spacial score (nSPS) is 12.0. The van der Waals surface area contributed by atoms with Gasteiger partial charge in [0.05, 0.1) is 17.3 Å². The largest absolute Gasteiger partial charge is 0.481 e. The lowest BCUT2D eigenvalue weighted by Crippen LogP contribution is -2.29. The van der Waals surface area contributed by atoms with Crippen LogP contribution in [0.3, 0.4) is 0 Å². The summed E-state index contributed by atoms with van der Waals surface area (Å²) in [6.07, 6.45) is 0.586. The number of hydrogen-bond donors (Lipinski definition) is 2. The van der Waals surface area contributed by atoms with Gasteiger partial charge in [0.2, 0.25) is 0 Å². The quantitative estimate of drug-likeness (QED) is 0.846. The van der Waals surface area contributed by atoms with Crippen molar-refractivity contribution in [1.29, 1.82) is 0 Å². The van der Waals surface area contributed by atoms with Gasteiger partial charge in [-0.3, -0.25) is 9.59 Å². The molecule has 6 heteroatoms. The van der Waals surface area contributed by atoms with Gasteiger partial charge in [0.25, 0.3) is 5.91 Å². The molecule has 1 aromatic carbocycles. The Labute approximate surface area is 138 Å². The van der Waals surface area contributed by atoms with Gasteiger partial charge in [-0.05, 0) is 42.7 Å². The van der Waals surface area contributed by atoms with E-state index in [1.165, 1.54) is 35.6 Å². The van der Waals surface area contributed by atoms with Crippen molar-refractivity contribution in [2.24, 2.45) is 0 Å². The molecule has 1 atom stereocenters. The van der Waals surface area contributed by atoms with Crippen molar-refractivity contribution in [3.05, 3.63) is 57.0 Å². The Morgan fingerprint density at radius 3 is 2.48 bits per heavy atom. The first kappa shape index (κ1) is 17.1. The number of carbonyl (C=O) groups is 2. The number of thiophene rings is 1. The molecule has 1 heterocycles. The SMILES string of the molecule is CCc1sc(C(=O)NC(CC(=O)O)c2ccc(F)cc2)cc1C. The second kappa shape index (κ2) is 7.37. The van der Waals surface area contributed by atoms with Crippen molar-refractivity contribution >= 4 is 23.2 Å². The number of carbonyl (C=O) groups excluding carboxylic acids is 1. The molecular weight excluding hydrogens is 317 g/mol. The maximum absolute atomic E-state index is 13.0. The van der Waals surface area contributed by atoms with Crippen LogP contribution in [-0.4, -0.2) is 17.0 Å². The van der Waals surface area contributed by atoms with Crippen LogP contribution in [0.25, 0.3) is 0 Å². The average molecular weight is 335 g/mol. The van der Waals surface area contributed by atoms with E-state index in [2.05, 4.69) is 5.32 Å². The summed E-state index contributed by atoms with van der Waals surface area (Å²) in [4.78, 5) is 25.1. The summed E-state index contributed by atoms with van der Waals surface area (Å²) in [5.74, 6) is -1.75. The number of benzene rings is 1. The zero-order valence-corrected chi connectivity index (χ0v) is 13.7. The predicted octanol–water partition coefficient (Wildman–Crippen LogP) is 3.70. The minimum absolute atomic E-state index is 0.262. The van der Waals surface area contributed by atoms with Crippen molar-refractivity contribution in [2.45, 2.75) is 32.7 Å². The van der Waals surface area contributed by atoms with E-state index in [0.717, 1.165) is 16.9 Å². The molecule has 0 radical (unpaired) electrons. The second-order valence-corrected chi connectivity index (χ2v) is 6.38. The van der Waals surface area contributed by atoms with Crippen molar-refractivity contribution in [3.8, 4) is 0 Å². The molecule has 0 bridgehead atoms. The number of halogens is 1. The minimum Gasteiger partial charge on any atom is -0.481 e. The minimum atomic E-state index is -1.03. The third-order valence-electron chi connectivity index (χ3n) is 3.52. The highest BCUT2D eigenvalue weighted by Gasteiger charge is 2.20. The summed E-state index contributed by atoms with van der Waals surface area (Å²) in [6.45, 7) is 3.97. The molecule has 122 valence electrons. The lowest BCUT2D eigenvalue weighted by Gasteiger charge is -2.17. The number of carboxylic acids is 1. The Morgan fingerprint density at radius 2 is 1.96 bits per heavy atom. The van der Waals surface area contributed by atoms with Gasteiger partial charge in [0, 0.05) is 4.88 Å². The third kappa shape index (κ3) is 4.39. The molecule has 4 nitrogen and oxygen atoms in total. The number of rotatable bonds is 6. The standard InChI is InChI=1S/C17H18FNO3S/c1-3-14-10(2)8-15(23-14)17(22)19-13(9-16(20)21)11-4-6-12(18)7-5-11/h4-8,13H,3,9H2,1-2H3,(H,19,22)(H,20,21). The van der Waals surface area contributed by atoms with Crippen molar-refractivity contribution in [1.82, 2.24) is 5.32 Å². The van der Waals surface area contributed by atoms with Crippen LogP contribution in [0.1, 0.15) is 45.1 Å². The van der Waals surface area contributed by atoms with Gasteiger partial charge in [-0.25, -0.2) is 4.39 Å². The molecule has 23 heavy (non-hydrogen) atoms. The van der Waals surface area contributed by atoms with Gasteiger partial charge in [0.1, 0.15) is 5.82 Å². The topological polar surface area (TPSA) is 66.4 Å². The number of nitrogens with one attached hydrogen (secondary N) is 1. The van der Waals surface area contributed by atoms with E-state index in [1.54, 1.807) is 6.07 Å². The van der Waals surface area contributed by atoms with Gasteiger partial charge in [-0.1, -0.05) is 19.1 Å². The molecule has 0 saturated carbocycles. The maximum atomic E-state index is 13.0. The lowest BCUT2D eigenvalue weighted by molar-refractivity contribution is -0.137. The monoisotopic (exact) mass is 335 g/mol. The molecular formula is C17H18FNO3S. The number of carboxylic acid groups (broad SMARTS) is 1. The zero-order valence-electron chi connectivity index (χ0n) is 12.9. The van der Waals surface area contributed by atoms with E-state index in [4.69, 9.17) is 5.11 Å². The molecule has 0 aliphatic heterocycles. The Morgan fingerprint density at radius 1 is 1.30 bits per heavy atom. The fourth-order valence-corrected chi connectivity index (χ4v) is 3.35. The van der Waals surface area contributed by atoms with Crippen LogP contribution in [0.5, 0.6) is 0 Å². The summed E-state index contributed by atoms with van der Waals surface area (Å²) >= 11 is 1.41. The Bertz CT molecular complexity index is 709. The molecule has 2 N–H and O–H groups in total. The Hall–Kier alpha value is -2.21. The van der Waals surface area contributed by atoms with E-state index < -0.39 is 17.8 Å². The number of aliphatic carboxylic acids is 1. The van der Waals surface area contributed by atoms with Crippen LogP contribution in [0.15, 0.2) is 30.3 Å². The highest BCUT2D eigenvalue weighted by atomic mass is 32.1. The summed E-state index contributed by atoms with van der Waals surface area (Å²) in [5, 5.41) is 11.8. The smallest absolute Gasteiger partial charge is 0.305 e. The van der Waals surface area contributed by atoms with Crippen molar-refractivity contribution < 1.29 is 19.1 Å². The van der Waals surface area contributed by atoms with E-state index in [-0.39, 0.29) is 12.3 Å². The Balaban J connectivity index is 2.20.